The number of rotatable bonds is 7. The maximum atomic E-state index is 13.0. The van der Waals surface area contributed by atoms with E-state index in [1.165, 1.54) is 31.0 Å². The number of amides is 1. The van der Waals surface area contributed by atoms with E-state index in [-0.39, 0.29) is 23.4 Å². The number of benzene rings is 2. The van der Waals surface area contributed by atoms with Crippen molar-refractivity contribution in [2.24, 2.45) is 0 Å². The summed E-state index contributed by atoms with van der Waals surface area (Å²) in [5.74, 6) is 0.294. The van der Waals surface area contributed by atoms with Crippen LogP contribution in [0.5, 0.6) is 5.75 Å². The molecule has 1 amide bonds. The fourth-order valence-corrected chi connectivity index (χ4v) is 3.76. The van der Waals surface area contributed by atoms with Gasteiger partial charge in [0.05, 0.1) is 19.2 Å². The van der Waals surface area contributed by atoms with Crippen molar-refractivity contribution in [3.63, 3.8) is 0 Å². The lowest BCUT2D eigenvalue weighted by molar-refractivity contribution is -0.115. The monoisotopic (exact) mass is 447 g/mol. The number of nitrogens with zero attached hydrogens (tertiary/aromatic N) is 1. The zero-order chi connectivity index (χ0) is 21.7. The van der Waals surface area contributed by atoms with Crippen LogP contribution in [-0.2, 0) is 17.0 Å². The molecule has 156 valence electrons. The van der Waals surface area contributed by atoms with Crippen LogP contribution >= 0.6 is 23.4 Å². The number of hydrogen-bond donors (Lipinski definition) is 2. The smallest absolute Gasteiger partial charge is 0.255 e. The van der Waals surface area contributed by atoms with E-state index in [4.69, 9.17) is 16.3 Å². The molecular weight excluding hydrogens is 429 g/mol. The highest BCUT2D eigenvalue weighted by Crippen LogP contribution is 2.27. The third-order valence-corrected chi connectivity index (χ3v) is 5.44. The molecule has 0 saturated carbocycles. The summed E-state index contributed by atoms with van der Waals surface area (Å²) in [6, 6.07) is 11.0. The second kappa shape index (κ2) is 9.77. The topological polar surface area (TPSA) is 84.1 Å². The van der Waals surface area contributed by atoms with E-state index in [1.807, 2.05) is 0 Å². The molecule has 0 saturated heterocycles. The van der Waals surface area contributed by atoms with E-state index in [9.17, 15) is 14.0 Å². The molecule has 0 fully saturated rings. The van der Waals surface area contributed by atoms with E-state index in [0.29, 0.717) is 33.1 Å². The Morgan fingerprint density at radius 3 is 2.67 bits per heavy atom. The van der Waals surface area contributed by atoms with Crippen LogP contribution in [-0.4, -0.2) is 23.0 Å². The highest BCUT2D eigenvalue weighted by molar-refractivity contribution is 7.98. The fraction of sp³-hybridized carbons (Fsp3) is 0.190. The Kier molecular flexibility index (Phi) is 7.12. The number of ether oxygens (including phenoxy) is 1. The highest BCUT2D eigenvalue weighted by atomic mass is 35.5. The fourth-order valence-electron chi connectivity index (χ4n) is 2.73. The van der Waals surface area contributed by atoms with Gasteiger partial charge in [-0.15, -0.1) is 0 Å². The molecule has 3 rings (SSSR count). The largest absolute Gasteiger partial charge is 0.495 e. The van der Waals surface area contributed by atoms with Gasteiger partial charge in [0, 0.05) is 22.0 Å². The van der Waals surface area contributed by atoms with Crippen molar-refractivity contribution >= 4 is 35.0 Å². The Hall–Kier alpha value is -2.84. The minimum absolute atomic E-state index is 0.146. The predicted molar refractivity (Wildman–Crippen MR) is 116 cm³/mol. The van der Waals surface area contributed by atoms with Crippen LogP contribution in [0.25, 0.3) is 0 Å². The third kappa shape index (κ3) is 5.61. The number of H-pyrrole nitrogens is 1. The Balaban J connectivity index is 1.69. The number of anilines is 1. The van der Waals surface area contributed by atoms with Gasteiger partial charge in [-0.05, 0) is 42.8 Å². The molecule has 0 aliphatic rings. The van der Waals surface area contributed by atoms with Gasteiger partial charge in [0.2, 0.25) is 5.91 Å². The van der Waals surface area contributed by atoms with Crippen molar-refractivity contribution in [1.29, 1.82) is 0 Å². The minimum atomic E-state index is -0.391. The molecule has 1 aromatic heterocycles. The standard InChI is InChI=1S/C21H19ClFN3O3S/c1-12-16(10-19(27)25-17-9-14(22)5-8-18(17)29-2)20(28)26-21(24-12)30-11-13-3-6-15(23)7-4-13/h3-9H,10-11H2,1-2H3,(H,25,27)(H,24,26,28). The molecular formula is C21H19ClFN3O3S. The zero-order valence-corrected chi connectivity index (χ0v) is 17.9. The van der Waals surface area contributed by atoms with Crippen molar-refractivity contribution in [1.82, 2.24) is 9.97 Å². The van der Waals surface area contributed by atoms with Gasteiger partial charge in [0.25, 0.3) is 5.56 Å². The molecule has 0 unspecified atom stereocenters. The summed E-state index contributed by atoms with van der Waals surface area (Å²) >= 11 is 7.30. The SMILES string of the molecule is COc1ccc(Cl)cc1NC(=O)Cc1c(C)nc(SCc2ccc(F)cc2)[nH]c1=O. The zero-order valence-electron chi connectivity index (χ0n) is 16.3. The molecule has 0 radical (unpaired) electrons. The molecule has 2 aromatic carbocycles. The number of aromatic amines is 1. The van der Waals surface area contributed by atoms with Crippen molar-refractivity contribution in [2.75, 3.05) is 12.4 Å². The summed E-state index contributed by atoms with van der Waals surface area (Å²) in [6.45, 7) is 1.68. The van der Waals surface area contributed by atoms with E-state index in [1.54, 1.807) is 37.3 Å². The first-order chi connectivity index (χ1) is 14.4. The summed E-state index contributed by atoms with van der Waals surface area (Å²) < 4.78 is 18.2. The molecule has 0 atom stereocenters. The number of carbonyl (C=O) groups excluding carboxylic acids is 1. The van der Waals surface area contributed by atoms with Gasteiger partial charge in [-0.2, -0.15) is 0 Å². The number of nitrogens with one attached hydrogen (secondary N) is 2. The average molecular weight is 448 g/mol. The molecule has 3 aromatic rings. The van der Waals surface area contributed by atoms with Gasteiger partial charge in [0.1, 0.15) is 11.6 Å². The molecule has 1 heterocycles. The summed E-state index contributed by atoms with van der Waals surface area (Å²) in [5, 5.41) is 3.59. The van der Waals surface area contributed by atoms with Gasteiger partial charge in [-0.1, -0.05) is 35.5 Å². The molecule has 9 heteroatoms. The van der Waals surface area contributed by atoms with Gasteiger partial charge >= 0.3 is 0 Å². The third-order valence-electron chi connectivity index (χ3n) is 4.26. The van der Waals surface area contributed by atoms with Gasteiger partial charge in [-0.25, -0.2) is 9.37 Å². The maximum Gasteiger partial charge on any atom is 0.255 e. The van der Waals surface area contributed by atoms with Gasteiger partial charge in [0.15, 0.2) is 5.16 Å². The highest BCUT2D eigenvalue weighted by Gasteiger charge is 2.15. The Labute approximate surface area is 181 Å². The minimum Gasteiger partial charge on any atom is -0.495 e. The molecule has 2 N–H and O–H groups in total. The number of carbonyl (C=O) groups is 1. The van der Waals surface area contributed by atoms with E-state index in [0.717, 1.165) is 5.56 Å². The number of halogens is 2. The van der Waals surface area contributed by atoms with Crippen LogP contribution in [0, 0.1) is 12.7 Å². The van der Waals surface area contributed by atoms with Crippen molar-refractivity contribution in [3.05, 3.63) is 80.5 Å². The van der Waals surface area contributed by atoms with Crippen LogP contribution in [0.1, 0.15) is 16.8 Å². The molecule has 0 aliphatic heterocycles. The first-order valence-corrected chi connectivity index (χ1v) is 10.3. The number of thioether (sulfide) groups is 1. The quantitative estimate of drug-likeness (QED) is 0.415. The normalized spacial score (nSPS) is 10.7. The second-order valence-corrected chi connectivity index (χ2v) is 7.82. The van der Waals surface area contributed by atoms with E-state index in [2.05, 4.69) is 15.3 Å². The van der Waals surface area contributed by atoms with Crippen molar-refractivity contribution < 1.29 is 13.9 Å². The average Bonchev–Trinajstić information content (AvgIpc) is 2.70. The number of hydrogen-bond acceptors (Lipinski definition) is 5. The molecule has 6 nitrogen and oxygen atoms in total. The van der Waals surface area contributed by atoms with Gasteiger partial charge in [-0.3, -0.25) is 9.59 Å². The summed E-state index contributed by atoms with van der Waals surface area (Å²) in [6.07, 6.45) is -0.146. The number of methoxy groups -OCH3 is 1. The number of aryl methyl sites for hydroxylation is 1. The van der Waals surface area contributed by atoms with Crippen LogP contribution in [0.15, 0.2) is 52.4 Å². The Morgan fingerprint density at radius 1 is 1.27 bits per heavy atom. The lowest BCUT2D eigenvalue weighted by Gasteiger charge is -2.11. The molecule has 0 aliphatic carbocycles. The molecule has 30 heavy (non-hydrogen) atoms. The maximum absolute atomic E-state index is 13.0. The predicted octanol–water partition coefficient (Wildman–Crippen LogP) is 4.35. The second-order valence-electron chi connectivity index (χ2n) is 6.42. The Morgan fingerprint density at radius 2 is 2.00 bits per heavy atom. The molecule has 0 bridgehead atoms. The van der Waals surface area contributed by atoms with E-state index >= 15 is 0 Å². The first kappa shape index (κ1) is 21.9. The van der Waals surface area contributed by atoms with Gasteiger partial charge < -0.3 is 15.0 Å². The molecule has 0 spiro atoms. The van der Waals surface area contributed by atoms with Crippen LogP contribution in [0.2, 0.25) is 5.02 Å². The van der Waals surface area contributed by atoms with Crippen LogP contribution in [0.4, 0.5) is 10.1 Å². The summed E-state index contributed by atoms with van der Waals surface area (Å²) in [4.78, 5) is 32.0. The van der Waals surface area contributed by atoms with Crippen LogP contribution < -0.4 is 15.6 Å². The van der Waals surface area contributed by atoms with Crippen molar-refractivity contribution in [2.45, 2.75) is 24.3 Å². The summed E-state index contributed by atoms with van der Waals surface area (Å²) in [7, 11) is 1.49. The Bertz CT molecular complexity index is 1120. The first-order valence-electron chi connectivity index (χ1n) is 8.96. The van der Waals surface area contributed by atoms with Crippen molar-refractivity contribution in [3.8, 4) is 5.75 Å². The summed E-state index contributed by atoms with van der Waals surface area (Å²) in [5.41, 5.74) is 1.69. The lowest BCUT2D eigenvalue weighted by atomic mass is 10.1. The van der Waals surface area contributed by atoms with Crippen LogP contribution in [0.3, 0.4) is 0 Å². The lowest BCUT2D eigenvalue weighted by Crippen LogP contribution is -2.24. The number of aromatic nitrogens is 2. The van der Waals surface area contributed by atoms with E-state index < -0.39 is 5.91 Å².